The van der Waals surface area contributed by atoms with Crippen LogP contribution in [0.25, 0.3) is 0 Å². The van der Waals surface area contributed by atoms with Crippen LogP contribution < -0.4 is 57.5 Å². The van der Waals surface area contributed by atoms with Gasteiger partial charge in [-0.3, -0.25) is 0 Å². The maximum Gasteiger partial charge on any atom is 3.00 e. The van der Waals surface area contributed by atoms with Gasteiger partial charge in [0.2, 0.25) is 0 Å². The standard InChI is InChI=1S/4Lu.3O4Si/c;;;;3*1-5(2,3)4/q4*+3;3*-4. The van der Waals surface area contributed by atoms with Crippen LogP contribution in [0.2, 0.25) is 0 Å². The van der Waals surface area contributed by atoms with Crippen LogP contribution in [-0.4, -0.2) is 27.1 Å². The van der Waals surface area contributed by atoms with Crippen LogP contribution >= 0.6 is 0 Å². The Labute approximate surface area is 227 Å². The van der Waals surface area contributed by atoms with E-state index in [9.17, 15) is 0 Å². The molecule has 0 rings (SSSR count). The molecule has 0 aromatic heterocycles. The first kappa shape index (κ1) is 44.0. The van der Waals surface area contributed by atoms with E-state index in [4.69, 9.17) is 57.5 Å². The molecule has 0 N–H and O–H groups in total. The zero-order valence-electron chi connectivity index (χ0n) is 7.43. The molecule has 0 unspecified atom stereocenters. The molecule has 19 heteroatoms. The summed E-state index contributed by atoms with van der Waals surface area (Å²) in [6.45, 7) is 0. The molecule has 0 aliphatic rings. The third kappa shape index (κ3) is 395. The number of rotatable bonds is 0. The summed E-state index contributed by atoms with van der Waals surface area (Å²) in [5, 5.41) is 0. The molecule has 19 heavy (non-hydrogen) atoms. The van der Waals surface area contributed by atoms with Crippen LogP contribution in [-0.2, 0) is 0 Å². The predicted octanol–water partition coefficient (Wildman–Crippen LogP) is -15.4. The van der Waals surface area contributed by atoms with Gasteiger partial charge in [0, 0.05) is 0 Å². The molecule has 0 aliphatic heterocycles. The Kier molecular flexibility index (Phi) is 49.0. The van der Waals surface area contributed by atoms with E-state index in [2.05, 4.69) is 0 Å². The van der Waals surface area contributed by atoms with Gasteiger partial charge in [0.15, 0.2) is 0 Å². The van der Waals surface area contributed by atoms with Crippen LogP contribution in [0.5, 0.6) is 0 Å². The Bertz CT molecular complexity index is 100.0. The average molecular weight is 976 g/mol. The van der Waals surface area contributed by atoms with Gasteiger partial charge >= 0.3 is 147 Å². The summed E-state index contributed by atoms with van der Waals surface area (Å²) < 4.78 is 0. The second kappa shape index (κ2) is 21.1. The van der Waals surface area contributed by atoms with Crippen LogP contribution in [0, 0.1) is 147 Å². The molecule has 0 atom stereocenters. The van der Waals surface area contributed by atoms with Gasteiger partial charge in [-0.15, -0.1) is 0 Å². The summed E-state index contributed by atoms with van der Waals surface area (Å²) in [5.74, 6) is 0. The molecule has 0 aromatic carbocycles. The van der Waals surface area contributed by atoms with Crippen molar-refractivity contribution in [2.24, 2.45) is 0 Å². The van der Waals surface area contributed by atoms with Crippen molar-refractivity contribution < 1.29 is 205 Å². The quantitative estimate of drug-likeness (QED) is 0.205. The molecular weight excluding hydrogens is 976 g/mol. The van der Waals surface area contributed by atoms with Gasteiger partial charge in [0.25, 0.3) is 0 Å². The van der Waals surface area contributed by atoms with Crippen molar-refractivity contribution in [1.82, 2.24) is 0 Å². The van der Waals surface area contributed by atoms with Gasteiger partial charge in [-0.1, -0.05) is 0 Å². The van der Waals surface area contributed by atoms with Gasteiger partial charge in [-0.2, -0.15) is 0 Å². The molecular formula is Lu4O12Si3. The minimum atomic E-state index is -5.61. The van der Waals surface area contributed by atoms with Crippen LogP contribution in [0.1, 0.15) is 0 Å². The first-order valence-corrected chi connectivity index (χ1v) is 7.35. The van der Waals surface area contributed by atoms with Crippen molar-refractivity contribution in [3.8, 4) is 0 Å². The molecule has 0 bridgehead atoms. The van der Waals surface area contributed by atoms with E-state index in [1.54, 1.807) is 0 Å². The van der Waals surface area contributed by atoms with Crippen molar-refractivity contribution in [2.75, 3.05) is 0 Å². The fourth-order valence-electron chi connectivity index (χ4n) is 0. The third-order valence-corrected chi connectivity index (χ3v) is 0. The molecule has 0 saturated heterocycles. The Balaban J connectivity index is -0.0000000206. The third-order valence-electron chi connectivity index (χ3n) is 0. The minimum absolute atomic E-state index is 0. The van der Waals surface area contributed by atoms with Gasteiger partial charge in [0.05, 0.1) is 0 Å². The molecule has 0 saturated carbocycles. The molecule has 144 valence electrons. The van der Waals surface area contributed by atoms with Gasteiger partial charge in [-0.25, -0.2) is 0 Å². The second-order valence-electron chi connectivity index (χ2n) is 1.50. The minimum Gasteiger partial charge on any atom is -0.894 e. The number of hydrogen-bond donors (Lipinski definition) is 0. The smallest absolute Gasteiger partial charge is 0.894 e. The molecule has 0 radical (unpaired) electrons. The summed E-state index contributed by atoms with van der Waals surface area (Å²) in [4.78, 5) is 103. The van der Waals surface area contributed by atoms with Crippen molar-refractivity contribution in [2.45, 2.75) is 0 Å². The molecule has 0 fully saturated rings. The van der Waals surface area contributed by atoms with Crippen LogP contribution in [0.3, 0.4) is 0 Å². The fourth-order valence-corrected chi connectivity index (χ4v) is 0. The van der Waals surface area contributed by atoms with Crippen molar-refractivity contribution in [3.63, 3.8) is 0 Å². The van der Waals surface area contributed by atoms with E-state index < -0.39 is 27.1 Å². The molecule has 0 heterocycles. The van der Waals surface area contributed by atoms with Crippen molar-refractivity contribution >= 4 is 27.1 Å². The SMILES string of the molecule is [Lu+3].[Lu+3].[Lu+3].[Lu+3].[O-][Si]([O-])([O-])[O-].[O-][Si]([O-])([O-])[O-].[O-][Si]([O-])([O-])[O-]. The molecule has 0 spiro atoms. The van der Waals surface area contributed by atoms with Crippen LogP contribution in [0.15, 0.2) is 0 Å². The Morgan fingerprint density at radius 2 is 0.263 bits per heavy atom. The monoisotopic (exact) mass is 976 g/mol. The van der Waals surface area contributed by atoms with E-state index in [0.29, 0.717) is 0 Å². The van der Waals surface area contributed by atoms with Crippen molar-refractivity contribution in [3.05, 3.63) is 0 Å². The Morgan fingerprint density at radius 3 is 0.263 bits per heavy atom. The maximum absolute atomic E-state index is 8.58. The Hall–Kier alpha value is 5.11. The van der Waals surface area contributed by atoms with E-state index in [0.717, 1.165) is 0 Å². The maximum atomic E-state index is 8.58. The van der Waals surface area contributed by atoms with E-state index in [-0.39, 0.29) is 147 Å². The van der Waals surface area contributed by atoms with Gasteiger partial charge < -0.3 is 84.7 Å². The predicted molar refractivity (Wildman–Crippen MR) is 17.3 cm³/mol. The summed E-state index contributed by atoms with van der Waals surface area (Å²) in [5.41, 5.74) is 0. The summed E-state index contributed by atoms with van der Waals surface area (Å²) in [6, 6.07) is 0. The molecule has 0 amide bonds. The first-order chi connectivity index (χ1) is 6.00. The van der Waals surface area contributed by atoms with Crippen LogP contribution in [0.4, 0.5) is 0 Å². The molecule has 12 nitrogen and oxygen atoms in total. The summed E-state index contributed by atoms with van der Waals surface area (Å²) >= 11 is 0. The zero-order valence-corrected chi connectivity index (χ0v) is 17.1. The molecule has 0 aliphatic carbocycles. The van der Waals surface area contributed by atoms with E-state index in [1.807, 2.05) is 0 Å². The summed E-state index contributed by atoms with van der Waals surface area (Å²) in [6.07, 6.45) is 0. The average Bonchev–Trinajstić information content (AvgIpc) is 1.41. The first-order valence-electron chi connectivity index (χ1n) is 2.45. The van der Waals surface area contributed by atoms with E-state index >= 15 is 0 Å². The molecule has 0 aromatic rings. The van der Waals surface area contributed by atoms with Gasteiger partial charge in [0.1, 0.15) is 0 Å². The largest absolute Gasteiger partial charge is 3.00 e. The topological polar surface area (TPSA) is 277 Å². The van der Waals surface area contributed by atoms with Crippen molar-refractivity contribution in [1.29, 1.82) is 0 Å². The van der Waals surface area contributed by atoms with Gasteiger partial charge in [-0.05, 0) is 0 Å². The fraction of sp³-hybridized carbons (Fsp3) is 0. The normalized spacial score (nSPS) is 9.47. The zero-order chi connectivity index (χ0) is 13.5. The summed E-state index contributed by atoms with van der Waals surface area (Å²) in [7, 11) is -16.8. The Morgan fingerprint density at radius 1 is 0.263 bits per heavy atom. The van der Waals surface area contributed by atoms with E-state index in [1.165, 1.54) is 0 Å². The number of hydrogen-bond acceptors (Lipinski definition) is 12. The second-order valence-corrected chi connectivity index (χ2v) is 4.50.